The molecule has 1 aromatic carbocycles. The van der Waals surface area contributed by atoms with Crippen molar-refractivity contribution >= 4 is 23.0 Å². The van der Waals surface area contributed by atoms with Gasteiger partial charge in [0.25, 0.3) is 0 Å². The van der Waals surface area contributed by atoms with Crippen molar-refractivity contribution in [2.45, 2.75) is 6.54 Å². The van der Waals surface area contributed by atoms with Gasteiger partial charge in [0, 0.05) is 17.1 Å². The van der Waals surface area contributed by atoms with Crippen LogP contribution in [-0.4, -0.2) is 11.1 Å². The Labute approximate surface area is 97.4 Å². The first-order valence-corrected chi connectivity index (χ1v) is 5.68. The third-order valence-electron chi connectivity index (χ3n) is 2.11. The van der Waals surface area contributed by atoms with Gasteiger partial charge >= 0.3 is 5.97 Å². The molecular formula is C12H11NO2S. The van der Waals surface area contributed by atoms with Crippen LogP contribution in [0.3, 0.4) is 0 Å². The van der Waals surface area contributed by atoms with Gasteiger partial charge in [-0.3, -0.25) is 0 Å². The van der Waals surface area contributed by atoms with Crippen LogP contribution in [-0.2, 0) is 6.54 Å². The van der Waals surface area contributed by atoms with E-state index in [-0.39, 0.29) is 0 Å². The summed E-state index contributed by atoms with van der Waals surface area (Å²) in [5.41, 5.74) is 1.03. The van der Waals surface area contributed by atoms with Crippen LogP contribution >= 0.6 is 11.3 Å². The monoisotopic (exact) mass is 233 g/mol. The van der Waals surface area contributed by atoms with Crippen LogP contribution in [0.4, 0.5) is 5.69 Å². The lowest BCUT2D eigenvalue weighted by atomic mass is 10.3. The number of carbonyl (C=O) groups is 1. The average molecular weight is 233 g/mol. The summed E-state index contributed by atoms with van der Waals surface area (Å²) in [4.78, 5) is 12.1. The molecule has 1 aromatic heterocycles. The Morgan fingerprint density at radius 2 is 1.94 bits per heavy atom. The first-order chi connectivity index (χ1) is 7.75. The summed E-state index contributed by atoms with van der Waals surface area (Å²) in [5.74, 6) is -0.865. The highest BCUT2D eigenvalue weighted by Gasteiger charge is 2.06. The maximum absolute atomic E-state index is 10.7. The second-order valence-electron chi connectivity index (χ2n) is 3.29. The molecule has 0 aliphatic heterocycles. The van der Waals surface area contributed by atoms with Crippen molar-refractivity contribution in [1.29, 1.82) is 0 Å². The zero-order valence-corrected chi connectivity index (χ0v) is 9.33. The molecule has 0 radical (unpaired) electrons. The highest BCUT2D eigenvalue weighted by molar-refractivity contribution is 7.13. The van der Waals surface area contributed by atoms with E-state index in [4.69, 9.17) is 5.11 Å². The Morgan fingerprint density at radius 3 is 2.56 bits per heavy atom. The molecule has 3 nitrogen and oxygen atoms in total. The predicted octanol–water partition coefficient (Wildman–Crippen LogP) is 3.06. The number of hydrogen-bond acceptors (Lipinski definition) is 3. The zero-order valence-electron chi connectivity index (χ0n) is 8.51. The summed E-state index contributed by atoms with van der Waals surface area (Å²) >= 11 is 1.30. The minimum Gasteiger partial charge on any atom is -0.477 e. The van der Waals surface area contributed by atoms with Gasteiger partial charge < -0.3 is 10.4 Å². The number of carboxylic acid groups (broad SMARTS) is 1. The molecule has 0 amide bonds. The largest absolute Gasteiger partial charge is 0.477 e. The van der Waals surface area contributed by atoms with Crippen molar-refractivity contribution < 1.29 is 9.90 Å². The van der Waals surface area contributed by atoms with E-state index in [0.29, 0.717) is 11.4 Å². The fourth-order valence-corrected chi connectivity index (χ4v) is 2.12. The number of para-hydroxylation sites is 1. The molecule has 0 atom stereocenters. The number of carboxylic acids is 1. The normalized spacial score (nSPS) is 10.0. The molecule has 0 saturated heterocycles. The number of benzene rings is 1. The summed E-state index contributed by atoms with van der Waals surface area (Å²) in [6, 6.07) is 13.3. The SMILES string of the molecule is O=C(O)c1ccc(CNc2ccccc2)s1. The first kappa shape index (κ1) is 10.7. The van der Waals surface area contributed by atoms with Crippen LogP contribution in [0.5, 0.6) is 0 Å². The van der Waals surface area contributed by atoms with Crippen molar-refractivity contribution in [1.82, 2.24) is 0 Å². The predicted molar refractivity (Wildman–Crippen MR) is 65.0 cm³/mol. The minimum absolute atomic E-state index is 0.380. The minimum atomic E-state index is -0.865. The molecule has 0 unspecified atom stereocenters. The van der Waals surface area contributed by atoms with E-state index < -0.39 is 5.97 Å². The Kier molecular flexibility index (Phi) is 3.22. The van der Waals surface area contributed by atoms with Gasteiger partial charge in [-0.05, 0) is 24.3 Å². The highest BCUT2D eigenvalue weighted by Crippen LogP contribution is 2.17. The van der Waals surface area contributed by atoms with Crippen LogP contribution < -0.4 is 5.32 Å². The standard InChI is InChI=1S/C12H11NO2S/c14-12(15)11-7-6-10(16-11)8-13-9-4-2-1-3-5-9/h1-7,13H,8H2,(H,14,15). The van der Waals surface area contributed by atoms with Gasteiger partial charge in [-0.15, -0.1) is 11.3 Å². The van der Waals surface area contributed by atoms with Crippen LogP contribution in [0.2, 0.25) is 0 Å². The number of rotatable bonds is 4. The molecule has 2 N–H and O–H groups in total. The van der Waals surface area contributed by atoms with E-state index in [1.807, 2.05) is 36.4 Å². The van der Waals surface area contributed by atoms with Crippen LogP contribution in [0.15, 0.2) is 42.5 Å². The summed E-state index contributed by atoms with van der Waals surface area (Å²) < 4.78 is 0. The number of thiophene rings is 1. The van der Waals surface area contributed by atoms with Gasteiger partial charge in [0.15, 0.2) is 0 Å². The molecule has 2 rings (SSSR count). The van der Waals surface area contributed by atoms with Crippen LogP contribution in [0, 0.1) is 0 Å². The van der Waals surface area contributed by atoms with E-state index >= 15 is 0 Å². The summed E-state index contributed by atoms with van der Waals surface area (Å²) in [7, 11) is 0. The molecule has 0 fully saturated rings. The molecule has 0 spiro atoms. The van der Waals surface area contributed by atoms with Gasteiger partial charge in [0.05, 0.1) is 0 Å². The van der Waals surface area contributed by atoms with Gasteiger partial charge in [-0.25, -0.2) is 4.79 Å². The van der Waals surface area contributed by atoms with Crippen molar-refractivity contribution in [2.75, 3.05) is 5.32 Å². The highest BCUT2D eigenvalue weighted by atomic mass is 32.1. The number of nitrogens with one attached hydrogen (secondary N) is 1. The molecule has 0 aliphatic rings. The zero-order chi connectivity index (χ0) is 11.4. The number of aromatic carboxylic acids is 1. The van der Waals surface area contributed by atoms with Gasteiger partial charge in [0.2, 0.25) is 0 Å². The van der Waals surface area contributed by atoms with E-state index in [0.717, 1.165) is 10.6 Å². The van der Waals surface area contributed by atoms with E-state index in [1.54, 1.807) is 6.07 Å². The second-order valence-corrected chi connectivity index (χ2v) is 4.46. The number of hydrogen-bond donors (Lipinski definition) is 2. The van der Waals surface area contributed by atoms with Crippen molar-refractivity contribution in [3.8, 4) is 0 Å². The van der Waals surface area contributed by atoms with Crippen LogP contribution in [0.1, 0.15) is 14.5 Å². The average Bonchev–Trinajstić information content (AvgIpc) is 2.76. The van der Waals surface area contributed by atoms with E-state index in [9.17, 15) is 4.79 Å². The van der Waals surface area contributed by atoms with Gasteiger partial charge in [-0.1, -0.05) is 18.2 Å². The van der Waals surface area contributed by atoms with Crippen molar-refractivity contribution in [2.24, 2.45) is 0 Å². The lowest BCUT2D eigenvalue weighted by Gasteiger charge is -2.03. The third-order valence-corrected chi connectivity index (χ3v) is 3.19. The smallest absolute Gasteiger partial charge is 0.345 e. The molecular weight excluding hydrogens is 222 g/mol. The summed E-state index contributed by atoms with van der Waals surface area (Å²) in [6.07, 6.45) is 0. The quantitative estimate of drug-likeness (QED) is 0.853. The Balaban J connectivity index is 1.97. The van der Waals surface area contributed by atoms with E-state index in [2.05, 4.69) is 5.32 Å². The molecule has 0 aliphatic carbocycles. The molecule has 2 aromatic rings. The molecule has 0 bridgehead atoms. The molecule has 1 heterocycles. The fraction of sp³-hybridized carbons (Fsp3) is 0.0833. The Morgan fingerprint density at radius 1 is 1.19 bits per heavy atom. The first-order valence-electron chi connectivity index (χ1n) is 4.86. The third kappa shape index (κ3) is 2.61. The molecule has 16 heavy (non-hydrogen) atoms. The molecule has 0 saturated carbocycles. The molecule has 4 heteroatoms. The van der Waals surface area contributed by atoms with Gasteiger partial charge in [0.1, 0.15) is 4.88 Å². The summed E-state index contributed by atoms with van der Waals surface area (Å²) in [5, 5.41) is 12.0. The topological polar surface area (TPSA) is 49.3 Å². The van der Waals surface area contributed by atoms with E-state index in [1.165, 1.54) is 11.3 Å². The van der Waals surface area contributed by atoms with Crippen molar-refractivity contribution in [3.05, 3.63) is 52.2 Å². The lowest BCUT2D eigenvalue weighted by molar-refractivity contribution is 0.0702. The maximum atomic E-state index is 10.7. The number of anilines is 1. The molecule has 82 valence electrons. The Hall–Kier alpha value is -1.81. The van der Waals surface area contributed by atoms with Crippen LogP contribution in [0.25, 0.3) is 0 Å². The lowest BCUT2D eigenvalue weighted by Crippen LogP contribution is -1.96. The maximum Gasteiger partial charge on any atom is 0.345 e. The fourth-order valence-electron chi connectivity index (χ4n) is 1.33. The van der Waals surface area contributed by atoms with Gasteiger partial charge in [-0.2, -0.15) is 0 Å². The van der Waals surface area contributed by atoms with Crippen molar-refractivity contribution in [3.63, 3.8) is 0 Å². The summed E-state index contributed by atoms with van der Waals surface area (Å²) in [6.45, 7) is 0.655. The Bertz CT molecular complexity index is 479. The second kappa shape index (κ2) is 4.81.